The maximum Gasteiger partial charge on any atom is 0.319 e. The standard InChI is InChI=1S/C34H38F2N6O2/c1-21(35)32(43)42-18-17-41(19-22(42)11-15-37)31-27-9-8-26(24-6-3-7-28-25(24)10-12-34(28)13-14-34)29(36)30(27)38-33(39-31)44-20-23-5-4-16-40(23)2/h3,6-9,21-23H,4-5,10-14,16-20H2,1-2H3/t21?,22-,23-/m0/s1. The number of carbonyl (C=O) groups excluding carboxylic acids is 1. The topological polar surface area (TPSA) is 85.6 Å². The summed E-state index contributed by atoms with van der Waals surface area (Å²) in [6, 6.07) is 11.9. The number of piperazine rings is 1. The van der Waals surface area contributed by atoms with E-state index in [9.17, 15) is 14.4 Å². The molecule has 3 heterocycles. The van der Waals surface area contributed by atoms with Gasteiger partial charge < -0.3 is 19.4 Å². The van der Waals surface area contributed by atoms with Crippen molar-refractivity contribution in [2.75, 3.05) is 44.7 Å². The fourth-order valence-electron chi connectivity index (χ4n) is 7.62. The predicted octanol–water partition coefficient (Wildman–Crippen LogP) is 5.18. The largest absolute Gasteiger partial charge is 0.462 e. The van der Waals surface area contributed by atoms with Crippen molar-refractivity contribution < 1.29 is 18.3 Å². The number of hydrogen-bond donors (Lipinski definition) is 0. The number of anilines is 1. The molecular formula is C34H38F2N6O2. The van der Waals surface area contributed by atoms with E-state index in [2.05, 4.69) is 29.1 Å². The number of likely N-dealkylation sites (N-methyl/N-ethyl adjacent to an activating group) is 1. The zero-order valence-electron chi connectivity index (χ0n) is 25.4. The molecule has 10 heteroatoms. The summed E-state index contributed by atoms with van der Waals surface area (Å²) in [6.45, 7) is 3.46. The molecule has 0 bridgehead atoms. The minimum atomic E-state index is -1.65. The Bertz CT molecular complexity index is 1650. The molecule has 2 aliphatic carbocycles. The first kappa shape index (κ1) is 28.9. The monoisotopic (exact) mass is 600 g/mol. The summed E-state index contributed by atoms with van der Waals surface area (Å²) < 4.78 is 36.9. The van der Waals surface area contributed by atoms with Crippen molar-refractivity contribution in [1.82, 2.24) is 19.8 Å². The molecule has 1 amide bonds. The molecule has 1 saturated carbocycles. The summed E-state index contributed by atoms with van der Waals surface area (Å²) >= 11 is 0. The van der Waals surface area contributed by atoms with Crippen LogP contribution in [0.3, 0.4) is 0 Å². The molecule has 3 aromatic rings. The summed E-state index contributed by atoms with van der Waals surface area (Å²) in [7, 11) is 2.07. The predicted molar refractivity (Wildman–Crippen MR) is 164 cm³/mol. The summed E-state index contributed by atoms with van der Waals surface area (Å²) in [5.74, 6) is -0.539. The van der Waals surface area contributed by atoms with Crippen LogP contribution in [-0.2, 0) is 16.6 Å². The van der Waals surface area contributed by atoms with Crippen LogP contribution in [0.4, 0.5) is 14.6 Å². The van der Waals surface area contributed by atoms with Crippen LogP contribution in [0.1, 0.15) is 56.6 Å². The number of nitrogens with zero attached hydrogens (tertiary/aromatic N) is 6. The highest BCUT2D eigenvalue weighted by atomic mass is 19.1. The Kier molecular flexibility index (Phi) is 7.40. The summed E-state index contributed by atoms with van der Waals surface area (Å²) in [5, 5.41) is 10.0. The van der Waals surface area contributed by atoms with E-state index in [1.54, 1.807) is 0 Å². The van der Waals surface area contributed by atoms with Gasteiger partial charge in [0.05, 0.1) is 18.5 Å². The second-order valence-corrected chi connectivity index (χ2v) is 13.0. The van der Waals surface area contributed by atoms with Gasteiger partial charge in [-0.05, 0) is 87.2 Å². The molecule has 7 rings (SSSR count). The van der Waals surface area contributed by atoms with Gasteiger partial charge in [0.25, 0.3) is 5.91 Å². The van der Waals surface area contributed by atoms with Crippen LogP contribution in [0.15, 0.2) is 30.3 Å². The lowest BCUT2D eigenvalue weighted by atomic mass is 9.92. The van der Waals surface area contributed by atoms with E-state index in [-0.39, 0.29) is 42.5 Å². The van der Waals surface area contributed by atoms with Crippen molar-refractivity contribution in [3.8, 4) is 23.2 Å². The average Bonchev–Trinajstić information content (AvgIpc) is 3.56. The lowest BCUT2D eigenvalue weighted by Crippen LogP contribution is -2.56. The highest BCUT2D eigenvalue weighted by Crippen LogP contribution is 2.58. The SMILES string of the molecule is CC(F)C(=O)N1CCN(c2nc(OC[C@@H]3CCCN3C)nc3c(F)c(-c4cccc5c4CCC54CC4)ccc23)C[C@@H]1CC#N. The quantitative estimate of drug-likeness (QED) is 0.370. The molecule has 44 heavy (non-hydrogen) atoms. The Labute approximate surface area is 256 Å². The smallest absolute Gasteiger partial charge is 0.319 e. The van der Waals surface area contributed by atoms with Gasteiger partial charge in [0.1, 0.15) is 17.9 Å². The molecule has 0 N–H and O–H groups in total. The van der Waals surface area contributed by atoms with Crippen LogP contribution in [0.25, 0.3) is 22.0 Å². The minimum Gasteiger partial charge on any atom is -0.462 e. The molecule has 3 fully saturated rings. The van der Waals surface area contributed by atoms with Crippen LogP contribution in [0.5, 0.6) is 6.01 Å². The fraction of sp³-hybridized carbons (Fsp3) is 0.529. The van der Waals surface area contributed by atoms with Crippen molar-refractivity contribution in [1.29, 1.82) is 5.26 Å². The van der Waals surface area contributed by atoms with Gasteiger partial charge in [-0.1, -0.05) is 24.3 Å². The fourth-order valence-corrected chi connectivity index (χ4v) is 7.62. The van der Waals surface area contributed by atoms with Crippen molar-refractivity contribution in [3.63, 3.8) is 0 Å². The molecule has 0 radical (unpaired) electrons. The lowest BCUT2D eigenvalue weighted by molar-refractivity contribution is -0.138. The van der Waals surface area contributed by atoms with Crippen molar-refractivity contribution >= 4 is 22.6 Å². The van der Waals surface area contributed by atoms with Crippen LogP contribution >= 0.6 is 0 Å². The third-order valence-electron chi connectivity index (χ3n) is 10.3. The van der Waals surface area contributed by atoms with E-state index in [0.717, 1.165) is 37.8 Å². The highest BCUT2D eigenvalue weighted by molar-refractivity contribution is 5.94. The number of halogens is 2. The van der Waals surface area contributed by atoms with Gasteiger partial charge in [0, 0.05) is 36.6 Å². The molecule has 1 spiro atoms. The van der Waals surface area contributed by atoms with E-state index < -0.39 is 23.9 Å². The number of ether oxygens (including phenoxy) is 1. The molecule has 8 nitrogen and oxygen atoms in total. The maximum atomic E-state index is 16.7. The van der Waals surface area contributed by atoms with Crippen molar-refractivity contribution in [2.45, 2.75) is 75.5 Å². The third kappa shape index (κ3) is 4.95. The van der Waals surface area contributed by atoms with E-state index in [1.165, 1.54) is 35.8 Å². The molecule has 2 aliphatic heterocycles. The average molecular weight is 601 g/mol. The number of carbonyl (C=O) groups is 1. The molecule has 1 unspecified atom stereocenters. The number of hydrogen-bond acceptors (Lipinski definition) is 7. The van der Waals surface area contributed by atoms with E-state index >= 15 is 4.39 Å². The first-order valence-electron chi connectivity index (χ1n) is 15.8. The number of amides is 1. The molecule has 3 atom stereocenters. The Morgan fingerprint density at radius 3 is 2.70 bits per heavy atom. The minimum absolute atomic E-state index is 0.0501. The summed E-state index contributed by atoms with van der Waals surface area (Å²) in [5.41, 5.74) is 4.51. The van der Waals surface area contributed by atoms with Crippen LogP contribution in [-0.4, -0.2) is 83.8 Å². The normalized spacial score (nSPS) is 23.2. The Morgan fingerprint density at radius 1 is 1.14 bits per heavy atom. The zero-order valence-corrected chi connectivity index (χ0v) is 25.4. The van der Waals surface area contributed by atoms with Crippen LogP contribution in [0.2, 0.25) is 0 Å². The molecule has 2 saturated heterocycles. The second kappa shape index (κ2) is 11.3. The number of likely N-dealkylation sites (tertiary alicyclic amines) is 1. The highest BCUT2D eigenvalue weighted by Gasteiger charge is 2.49. The maximum absolute atomic E-state index is 16.7. The molecule has 2 aromatic carbocycles. The lowest BCUT2D eigenvalue weighted by Gasteiger charge is -2.41. The zero-order chi connectivity index (χ0) is 30.6. The van der Waals surface area contributed by atoms with Gasteiger partial charge in [0.2, 0.25) is 0 Å². The second-order valence-electron chi connectivity index (χ2n) is 13.0. The number of fused-ring (bicyclic) bond motifs is 3. The summed E-state index contributed by atoms with van der Waals surface area (Å²) in [4.78, 5) is 27.7. The number of alkyl halides is 1. The third-order valence-corrected chi connectivity index (χ3v) is 10.3. The number of benzene rings is 2. The number of aromatic nitrogens is 2. The molecule has 230 valence electrons. The molecule has 1 aromatic heterocycles. The van der Waals surface area contributed by atoms with Crippen molar-refractivity contribution in [3.05, 3.63) is 47.3 Å². The van der Waals surface area contributed by atoms with Gasteiger partial charge in [0.15, 0.2) is 12.0 Å². The molecular weight excluding hydrogens is 562 g/mol. The number of rotatable bonds is 7. The Balaban J connectivity index is 1.29. The van der Waals surface area contributed by atoms with Gasteiger partial charge in [-0.3, -0.25) is 4.79 Å². The molecule has 4 aliphatic rings. The van der Waals surface area contributed by atoms with Crippen molar-refractivity contribution in [2.24, 2.45) is 0 Å². The summed E-state index contributed by atoms with van der Waals surface area (Å²) in [6.07, 6.45) is 4.97. The van der Waals surface area contributed by atoms with E-state index in [1.807, 2.05) is 29.2 Å². The van der Waals surface area contributed by atoms with Gasteiger partial charge in [-0.15, -0.1) is 0 Å². The van der Waals surface area contributed by atoms with Crippen LogP contribution < -0.4 is 9.64 Å². The van der Waals surface area contributed by atoms with E-state index in [4.69, 9.17) is 9.72 Å². The number of nitriles is 1. The Hall–Kier alpha value is -3.84. The van der Waals surface area contributed by atoms with Gasteiger partial charge in [-0.2, -0.15) is 15.2 Å². The van der Waals surface area contributed by atoms with Gasteiger partial charge in [-0.25, -0.2) is 8.78 Å². The van der Waals surface area contributed by atoms with Crippen LogP contribution in [0, 0.1) is 17.1 Å². The first-order valence-corrected chi connectivity index (χ1v) is 15.8. The first-order chi connectivity index (χ1) is 21.3. The Morgan fingerprint density at radius 2 is 1.98 bits per heavy atom. The van der Waals surface area contributed by atoms with E-state index in [0.29, 0.717) is 29.9 Å². The van der Waals surface area contributed by atoms with Gasteiger partial charge >= 0.3 is 6.01 Å².